The molecule has 3 aliphatic rings. The van der Waals surface area contributed by atoms with Crippen molar-refractivity contribution in [2.75, 3.05) is 38.6 Å². The highest BCUT2D eigenvalue weighted by Gasteiger charge is 2.45. The van der Waals surface area contributed by atoms with E-state index in [9.17, 15) is 32.3 Å². The molecule has 1 N–H and O–H groups in total. The predicted octanol–water partition coefficient (Wildman–Crippen LogP) is 4.15. The molecule has 2 saturated heterocycles. The molecule has 2 heterocycles. The topological polar surface area (TPSA) is 99.3 Å². The summed E-state index contributed by atoms with van der Waals surface area (Å²) in [5.41, 5.74) is -0.561. The van der Waals surface area contributed by atoms with Crippen molar-refractivity contribution in [3.05, 3.63) is 28.8 Å². The number of benzene rings is 1. The molecule has 4 rings (SSSR count). The normalized spacial score (nSPS) is 21.5. The lowest BCUT2D eigenvalue weighted by atomic mass is 9.93. The molecule has 2 atom stereocenters. The van der Waals surface area contributed by atoms with E-state index in [0.29, 0.717) is 18.5 Å². The average Bonchev–Trinajstić information content (AvgIpc) is 3.64. The number of hydrogen-bond donors (Lipinski definition) is 1. The van der Waals surface area contributed by atoms with Gasteiger partial charge in [-0.25, -0.2) is 9.59 Å². The van der Waals surface area contributed by atoms with E-state index in [2.05, 4.69) is 5.32 Å². The average molecular weight is 573 g/mol. The molecule has 39 heavy (non-hydrogen) atoms. The number of alkyl halides is 3. The fraction of sp³-hybridized carbons (Fsp3) is 0.615. The van der Waals surface area contributed by atoms with E-state index in [1.165, 1.54) is 36.7 Å². The largest absolute Gasteiger partial charge is 0.467 e. The Morgan fingerprint density at radius 2 is 1.79 bits per heavy atom. The molecule has 2 aliphatic heterocycles. The van der Waals surface area contributed by atoms with Crippen LogP contribution in [0.3, 0.4) is 0 Å². The number of nitrogens with zero attached hydrogens (tertiary/aromatic N) is 3. The summed E-state index contributed by atoms with van der Waals surface area (Å²) in [6.45, 7) is 2.98. The number of ether oxygens (including phenoxy) is 1. The van der Waals surface area contributed by atoms with Gasteiger partial charge in [-0.2, -0.15) is 13.2 Å². The molecule has 214 valence electrons. The van der Waals surface area contributed by atoms with Crippen molar-refractivity contribution in [2.24, 2.45) is 5.41 Å². The van der Waals surface area contributed by atoms with Gasteiger partial charge in [0, 0.05) is 38.3 Å². The maximum absolute atomic E-state index is 13.2. The van der Waals surface area contributed by atoms with E-state index in [1.54, 1.807) is 0 Å². The lowest BCUT2D eigenvalue weighted by Crippen LogP contribution is -2.62. The van der Waals surface area contributed by atoms with Crippen molar-refractivity contribution >= 4 is 41.1 Å². The number of methoxy groups -OCH3 is 1. The molecular weight excluding hydrogens is 541 g/mol. The summed E-state index contributed by atoms with van der Waals surface area (Å²) in [4.78, 5) is 55.9. The molecule has 0 bridgehead atoms. The molecule has 1 aromatic carbocycles. The fourth-order valence-corrected chi connectivity index (χ4v) is 5.65. The number of carbonyl (C=O) groups is 4. The van der Waals surface area contributed by atoms with Crippen molar-refractivity contribution < 1.29 is 37.1 Å². The summed E-state index contributed by atoms with van der Waals surface area (Å²) < 4.78 is 43.8. The van der Waals surface area contributed by atoms with E-state index in [-0.39, 0.29) is 37.5 Å². The molecule has 13 heteroatoms. The smallest absolute Gasteiger partial charge is 0.417 e. The molecule has 4 amide bonds. The highest BCUT2D eigenvalue weighted by molar-refractivity contribution is 6.31. The van der Waals surface area contributed by atoms with Crippen LogP contribution < -0.4 is 5.32 Å². The van der Waals surface area contributed by atoms with Crippen LogP contribution in [0.25, 0.3) is 0 Å². The van der Waals surface area contributed by atoms with Crippen molar-refractivity contribution in [3.8, 4) is 0 Å². The van der Waals surface area contributed by atoms with Gasteiger partial charge in [-0.3, -0.25) is 9.59 Å². The summed E-state index contributed by atoms with van der Waals surface area (Å²) in [5.74, 6) is -1.21. The van der Waals surface area contributed by atoms with Crippen LogP contribution in [0.1, 0.15) is 51.0 Å². The second-order valence-electron chi connectivity index (χ2n) is 10.5. The van der Waals surface area contributed by atoms with Crippen LogP contribution in [-0.4, -0.2) is 83.9 Å². The van der Waals surface area contributed by atoms with Crippen LogP contribution >= 0.6 is 11.6 Å². The Kier molecular flexibility index (Phi) is 8.34. The number of rotatable bonds is 6. The highest BCUT2D eigenvalue weighted by atomic mass is 35.5. The third-order valence-corrected chi connectivity index (χ3v) is 8.40. The number of likely N-dealkylation sites (tertiary alicyclic amines) is 1. The maximum atomic E-state index is 13.2. The van der Waals surface area contributed by atoms with Gasteiger partial charge in [0.1, 0.15) is 12.1 Å². The standard InChI is InChI=1S/C26H32ClF3N4O5/c1-16-22(36)34(14-13-33(16)24(38)31-17-3-4-18(19(27)15-17)26(28,29)30)20(23(37)39-2)5-6-21(35)32-11-9-25(7-8-25)10-12-32/h3-4,15-16,20H,5-14H2,1-2H3,(H,31,38)/t16-,20-/m0/s1. The number of halogens is 4. The zero-order chi connectivity index (χ0) is 28.5. The summed E-state index contributed by atoms with van der Waals surface area (Å²) in [5, 5.41) is 1.90. The van der Waals surface area contributed by atoms with E-state index in [0.717, 1.165) is 31.0 Å². The van der Waals surface area contributed by atoms with Gasteiger partial charge in [0.05, 0.1) is 17.7 Å². The molecule has 1 saturated carbocycles. The minimum atomic E-state index is -4.63. The number of nitrogens with one attached hydrogen (secondary N) is 1. The third kappa shape index (κ3) is 6.42. The summed E-state index contributed by atoms with van der Waals surface area (Å²) >= 11 is 5.73. The fourth-order valence-electron chi connectivity index (χ4n) is 5.36. The lowest BCUT2D eigenvalue weighted by molar-refractivity contribution is -0.157. The number of piperazine rings is 1. The monoisotopic (exact) mass is 572 g/mol. The Bertz CT molecular complexity index is 1130. The lowest BCUT2D eigenvalue weighted by Gasteiger charge is -2.41. The minimum Gasteiger partial charge on any atom is -0.467 e. The van der Waals surface area contributed by atoms with Crippen molar-refractivity contribution in [1.29, 1.82) is 0 Å². The van der Waals surface area contributed by atoms with Crippen LogP contribution in [0.5, 0.6) is 0 Å². The first-order valence-corrected chi connectivity index (χ1v) is 13.3. The maximum Gasteiger partial charge on any atom is 0.417 e. The number of carbonyl (C=O) groups excluding carboxylic acids is 4. The third-order valence-electron chi connectivity index (χ3n) is 8.09. The van der Waals surface area contributed by atoms with E-state index in [1.807, 2.05) is 4.90 Å². The predicted molar refractivity (Wildman–Crippen MR) is 136 cm³/mol. The number of anilines is 1. The van der Waals surface area contributed by atoms with Gasteiger partial charge in [-0.15, -0.1) is 0 Å². The zero-order valence-corrected chi connectivity index (χ0v) is 22.6. The Hall–Kier alpha value is -3.02. The van der Waals surface area contributed by atoms with E-state index < -0.39 is 46.8 Å². The van der Waals surface area contributed by atoms with Gasteiger partial charge in [-0.05, 0) is 62.6 Å². The van der Waals surface area contributed by atoms with E-state index in [4.69, 9.17) is 16.3 Å². The number of piperidine rings is 1. The Labute approximate surface area is 229 Å². The molecule has 1 aliphatic carbocycles. The van der Waals surface area contributed by atoms with Crippen molar-refractivity contribution in [2.45, 2.75) is 63.7 Å². The second-order valence-corrected chi connectivity index (χ2v) is 10.9. The van der Waals surface area contributed by atoms with Crippen LogP contribution in [0.2, 0.25) is 5.02 Å². The molecule has 0 aromatic heterocycles. The number of urea groups is 1. The molecule has 0 radical (unpaired) electrons. The Morgan fingerprint density at radius 3 is 2.36 bits per heavy atom. The molecule has 9 nitrogen and oxygen atoms in total. The first-order valence-electron chi connectivity index (χ1n) is 13.0. The van der Waals surface area contributed by atoms with Gasteiger partial charge < -0.3 is 24.8 Å². The number of hydrogen-bond acceptors (Lipinski definition) is 5. The van der Waals surface area contributed by atoms with Crippen LogP contribution in [0.15, 0.2) is 18.2 Å². The summed E-state index contributed by atoms with van der Waals surface area (Å²) in [6, 6.07) is 0.181. The summed E-state index contributed by atoms with van der Waals surface area (Å²) in [6.07, 6.45) is -0.00401. The molecular formula is C26H32ClF3N4O5. The van der Waals surface area contributed by atoms with E-state index >= 15 is 0 Å². The van der Waals surface area contributed by atoms with Gasteiger partial charge in [0.15, 0.2) is 0 Å². The molecule has 1 aromatic rings. The van der Waals surface area contributed by atoms with Crippen molar-refractivity contribution in [3.63, 3.8) is 0 Å². The first kappa shape index (κ1) is 29.0. The van der Waals surface area contributed by atoms with Crippen LogP contribution in [0.4, 0.5) is 23.7 Å². The number of amides is 4. The molecule has 1 spiro atoms. The molecule has 0 unspecified atom stereocenters. The van der Waals surface area contributed by atoms with Gasteiger partial charge in [-0.1, -0.05) is 11.6 Å². The van der Waals surface area contributed by atoms with Gasteiger partial charge in [0.2, 0.25) is 11.8 Å². The Morgan fingerprint density at radius 1 is 1.13 bits per heavy atom. The quantitative estimate of drug-likeness (QED) is 0.517. The summed E-state index contributed by atoms with van der Waals surface area (Å²) in [7, 11) is 1.21. The molecule has 3 fully saturated rings. The van der Waals surface area contributed by atoms with Crippen molar-refractivity contribution in [1.82, 2.24) is 14.7 Å². The first-order chi connectivity index (χ1) is 18.3. The zero-order valence-electron chi connectivity index (χ0n) is 21.9. The number of esters is 1. The second kappa shape index (κ2) is 11.2. The van der Waals surface area contributed by atoms with Gasteiger partial charge >= 0.3 is 18.2 Å². The van der Waals surface area contributed by atoms with Gasteiger partial charge in [0.25, 0.3) is 0 Å². The van der Waals surface area contributed by atoms with Crippen LogP contribution in [-0.2, 0) is 25.3 Å². The minimum absolute atomic E-state index is 0.0184. The Balaban J connectivity index is 1.36. The SMILES string of the molecule is COC(=O)[C@H](CCC(=O)N1CCC2(CC1)CC2)N1CCN(C(=O)Nc2ccc(C(F)(F)F)c(Cl)c2)[C@@H](C)C1=O. The highest BCUT2D eigenvalue weighted by Crippen LogP contribution is 2.53. The van der Waals surface area contributed by atoms with Crippen LogP contribution in [0, 0.1) is 5.41 Å².